The zero-order valence-electron chi connectivity index (χ0n) is 14.6. The first kappa shape index (κ1) is 19.2. The predicted octanol–water partition coefficient (Wildman–Crippen LogP) is 2.96. The van der Waals surface area contributed by atoms with Gasteiger partial charge in [-0.25, -0.2) is 4.39 Å². The molecular weight excluding hydrogens is 341 g/mol. The molecule has 0 atom stereocenters. The number of carbonyl (C=O) groups is 2. The molecule has 2 aromatic carbocycles. The largest absolute Gasteiger partial charge is 0.494 e. The van der Waals surface area contributed by atoms with Crippen LogP contribution in [0.1, 0.15) is 12.5 Å². The number of amides is 1. The maximum atomic E-state index is 13.6. The lowest BCUT2D eigenvalue weighted by atomic mass is 10.1. The van der Waals surface area contributed by atoms with Crippen molar-refractivity contribution in [2.45, 2.75) is 13.3 Å². The molecule has 0 fully saturated rings. The minimum absolute atomic E-state index is 0.0943. The van der Waals surface area contributed by atoms with Gasteiger partial charge < -0.3 is 19.5 Å². The molecule has 0 unspecified atom stereocenters. The van der Waals surface area contributed by atoms with Crippen molar-refractivity contribution in [3.63, 3.8) is 0 Å². The van der Waals surface area contributed by atoms with Crippen LogP contribution in [0.3, 0.4) is 0 Å². The molecule has 1 N–H and O–H groups in total. The van der Waals surface area contributed by atoms with Crippen LogP contribution >= 0.6 is 0 Å². The summed E-state index contributed by atoms with van der Waals surface area (Å²) in [7, 11) is 1.36. The van der Waals surface area contributed by atoms with E-state index in [1.54, 1.807) is 30.3 Å². The topological polar surface area (TPSA) is 73.9 Å². The molecule has 0 aliphatic heterocycles. The first-order valence-corrected chi connectivity index (χ1v) is 8.02. The summed E-state index contributed by atoms with van der Waals surface area (Å²) < 4.78 is 28.6. The Bertz CT molecular complexity index is 761. The van der Waals surface area contributed by atoms with Crippen LogP contribution in [-0.4, -0.2) is 32.2 Å². The van der Waals surface area contributed by atoms with Crippen molar-refractivity contribution in [3.05, 3.63) is 53.8 Å². The lowest BCUT2D eigenvalue weighted by Gasteiger charge is -2.08. The van der Waals surface area contributed by atoms with Crippen LogP contribution in [0, 0.1) is 5.82 Å². The van der Waals surface area contributed by atoms with Gasteiger partial charge in [0.15, 0.2) is 18.2 Å². The zero-order valence-corrected chi connectivity index (χ0v) is 14.6. The molecule has 0 aliphatic rings. The van der Waals surface area contributed by atoms with Gasteiger partial charge in [0, 0.05) is 5.69 Å². The van der Waals surface area contributed by atoms with Gasteiger partial charge in [0.2, 0.25) is 0 Å². The predicted molar refractivity (Wildman–Crippen MR) is 93.9 cm³/mol. The molecule has 138 valence electrons. The number of hydrogen-bond donors (Lipinski definition) is 1. The van der Waals surface area contributed by atoms with Crippen LogP contribution in [0.15, 0.2) is 42.5 Å². The van der Waals surface area contributed by atoms with E-state index in [-0.39, 0.29) is 12.2 Å². The van der Waals surface area contributed by atoms with Crippen LogP contribution in [0.25, 0.3) is 0 Å². The maximum absolute atomic E-state index is 13.6. The highest BCUT2D eigenvalue weighted by atomic mass is 19.1. The fraction of sp³-hybridized carbons (Fsp3) is 0.263. The molecule has 0 bridgehead atoms. The molecule has 0 aliphatic carbocycles. The molecule has 0 spiro atoms. The van der Waals surface area contributed by atoms with Gasteiger partial charge in [-0.2, -0.15) is 0 Å². The molecule has 7 heteroatoms. The molecule has 0 heterocycles. The zero-order chi connectivity index (χ0) is 18.9. The number of esters is 1. The van der Waals surface area contributed by atoms with Crippen molar-refractivity contribution in [1.29, 1.82) is 0 Å². The molecule has 2 rings (SSSR count). The Kier molecular flexibility index (Phi) is 6.96. The first-order chi connectivity index (χ1) is 12.5. The van der Waals surface area contributed by atoms with Gasteiger partial charge in [0.05, 0.1) is 20.1 Å². The number of methoxy groups -OCH3 is 1. The number of benzene rings is 2. The van der Waals surface area contributed by atoms with E-state index in [1.807, 2.05) is 6.92 Å². The summed E-state index contributed by atoms with van der Waals surface area (Å²) in [5.41, 5.74) is 0.993. The fourth-order valence-electron chi connectivity index (χ4n) is 2.18. The van der Waals surface area contributed by atoms with Crippen molar-refractivity contribution in [2.24, 2.45) is 0 Å². The van der Waals surface area contributed by atoms with E-state index in [4.69, 9.17) is 14.2 Å². The van der Waals surface area contributed by atoms with Crippen molar-refractivity contribution in [1.82, 2.24) is 0 Å². The number of anilines is 1. The van der Waals surface area contributed by atoms with E-state index >= 15 is 0 Å². The van der Waals surface area contributed by atoms with Crippen LogP contribution in [0.2, 0.25) is 0 Å². The van der Waals surface area contributed by atoms with Gasteiger partial charge in [-0.15, -0.1) is 0 Å². The van der Waals surface area contributed by atoms with Crippen molar-refractivity contribution in [2.75, 3.05) is 25.6 Å². The second kappa shape index (κ2) is 9.41. The average Bonchev–Trinajstić information content (AvgIpc) is 2.62. The van der Waals surface area contributed by atoms with Crippen LogP contribution in [-0.2, 0) is 20.7 Å². The lowest BCUT2D eigenvalue weighted by Crippen LogP contribution is -2.21. The molecular formula is C19H20FNO5. The fourth-order valence-corrected chi connectivity index (χ4v) is 2.18. The van der Waals surface area contributed by atoms with Crippen LogP contribution < -0.4 is 14.8 Å². The summed E-state index contributed by atoms with van der Waals surface area (Å²) in [5, 5.41) is 2.61. The third-order valence-electron chi connectivity index (χ3n) is 3.38. The summed E-state index contributed by atoms with van der Waals surface area (Å²) in [6.45, 7) is 2.01. The molecule has 2 aromatic rings. The normalized spacial score (nSPS) is 10.1. The van der Waals surface area contributed by atoms with Crippen LogP contribution in [0.4, 0.5) is 10.1 Å². The quantitative estimate of drug-likeness (QED) is 0.732. The van der Waals surface area contributed by atoms with Crippen molar-refractivity contribution in [3.8, 4) is 11.5 Å². The highest BCUT2D eigenvalue weighted by Crippen LogP contribution is 2.18. The van der Waals surface area contributed by atoms with E-state index in [0.717, 1.165) is 0 Å². The SMILES string of the molecule is CCOc1ccc(NC(=O)COC(=O)Cc2ccc(OC)c(F)c2)cc1. The van der Waals surface area contributed by atoms with Gasteiger partial charge in [-0.1, -0.05) is 6.07 Å². The van der Waals surface area contributed by atoms with Gasteiger partial charge in [-0.3, -0.25) is 9.59 Å². The molecule has 6 nitrogen and oxygen atoms in total. The highest BCUT2D eigenvalue weighted by Gasteiger charge is 2.11. The Hall–Kier alpha value is -3.09. The summed E-state index contributed by atoms with van der Waals surface area (Å²) in [5.74, 6) is -0.869. The maximum Gasteiger partial charge on any atom is 0.310 e. The molecule has 26 heavy (non-hydrogen) atoms. The number of hydrogen-bond acceptors (Lipinski definition) is 5. The molecule has 0 saturated carbocycles. The molecule has 0 radical (unpaired) electrons. The third kappa shape index (κ3) is 5.77. The number of nitrogens with one attached hydrogen (secondary N) is 1. The third-order valence-corrected chi connectivity index (χ3v) is 3.38. The second-order valence-corrected chi connectivity index (χ2v) is 5.31. The summed E-state index contributed by atoms with van der Waals surface area (Å²) in [6.07, 6.45) is -0.142. The smallest absolute Gasteiger partial charge is 0.310 e. The lowest BCUT2D eigenvalue weighted by molar-refractivity contribution is -0.146. The summed E-state index contributed by atoms with van der Waals surface area (Å²) >= 11 is 0. The molecule has 1 amide bonds. The Morgan fingerprint density at radius 2 is 1.85 bits per heavy atom. The Morgan fingerprint density at radius 3 is 2.46 bits per heavy atom. The number of halogens is 1. The van der Waals surface area contributed by atoms with E-state index in [1.165, 1.54) is 19.2 Å². The minimum atomic E-state index is -0.628. The minimum Gasteiger partial charge on any atom is -0.494 e. The van der Waals surface area contributed by atoms with Gasteiger partial charge >= 0.3 is 5.97 Å². The van der Waals surface area contributed by atoms with Gasteiger partial charge in [-0.05, 0) is 48.9 Å². The monoisotopic (exact) mass is 361 g/mol. The second-order valence-electron chi connectivity index (χ2n) is 5.31. The summed E-state index contributed by atoms with van der Waals surface area (Å²) in [6, 6.07) is 11.0. The Morgan fingerprint density at radius 1 is 1.12 bits per heavy atom. The Balaban J connectivity index is 1.79. The van der Waals surface area contributed by atoms with Crippen molar-refractivity contribution >= 4 is 17.6 Å². The van der Waals surface area contributed by atoms with E-state index in [2.05, 4.69) is 5.32 Å². The number of rotatable bonds is 8. The average molecular weight is 361 g/mol. The van der Waals surface area contributed by atoms with Gasteiger partial charge in [0.1, 0.15) is 5.75 Å². The van der Waals surface area contributed by atoms with Crippen molar-refractivity contribution < 1.29 is 28.2 Å². The molecule has 0 saturated heterocycles. The Labute approximate surface area is 150 Å². The van der Waals surface area contributed by atoms with E-state index in [9.17, 15) is 14.0 Å². The first-order valence-electron chi connectivity index (χ1n) is 8.02. The highest BCUT2D eigenvalue weighted by molar-refractivity contribution is 5.92. The number of carbonyl (C=O) groups excluding carboxylic acids is 2. The van der Waals surface area contributed by atoms with Crippen LogP contribution in [0.5, 0.6) is 11.5 Å². The van der Waals surface area contributed by atoms with E-state index in [0.29, 0.717) is 23.6 Å². The standard InChI is InChI=1S/C19H20FNO5/c1-3-25-15-7-5-14(6-8-15)21-18(22)12-26-19(23)11-13-4-9-17(24-2)16(20)10-13/h4-10H,3,11-12H2,1-2H3,(H,21,22). The molecule has 0 aromatic heterocycles. The van der Waals surface area contributed by atoms with E-state index < -0.39 is 24.3 Å². The van der Waals surface area contributed by atoms with Gasteiger partial charge in [0.25, 0.3) is 5.91 Å². The summed E-state index contributed by atoms with van der Waals surface area (Å²) in [4.78, 5) is 23.6. The number of ether oxygens (including phenoxy) is 3.